The van der Waals surface area contributed by atoms with Crippen molar-refractivity contribution in [3.8, 4) is 0 Å². The van der Waals surface area contributed by atoms with Crippen molar-refractivity contribution in [3.63, 3.8) is 0 Å². The Labute approximate surface area is 138 Å². The first kappa shape index (κ1) is 17.0. The third-order valence-electron chi connectivity index (χ3n) is 4.11. The van der Waals surface area contributed by atoms with E-state index in [1.54, 1.807) is 4.68 Å². The van der Waals surface area contributed by atoms with Crippen LogP contribution in [0.1, 0.15) is 49.0 Å². The van der Waals surface area contributed by atoms with Crippen molar-refractivity contribution >= 4 is 11.6 Å². The van der Waals surface area contributed by atoms with E-state index in [0.717, 1.165) is 29.4 Å². The molecule has 0 aliphatic rings. The highest BCUT2D eigenvalue weighted by molar-refractivity contribution is 6.30. The third-order valence-corrected chi connectivity index (χ3v) is 4.58. The molecule has 0 spiro atoms. The molecule has 0 aliphatic heterocycles. The molecule has 0 amide bonds. The maximum atomic E-state index is 6.37. The van der Waals surface area contributed by atoms with Gasteiger partial charge in [-0.15, -0.1) is 0 Å². The number of nitrogens with zero attached hydrogens (tertiary/aromatic N) is 4. The lowest BCUT2D eigenvalue weighted by molar-refractivity contribution is 0.220. The molecule has 22 heavy (non-hydrogen) atoms. The van der Waals surface area contributed by atoms with Crippen molar-refractivity contribution < 1.29 is 0 Å². The summed E-state index contributed by atoms with van der Waals surface area (Å²) in [4.78, 5) is 6.62. The summed E-state index contributed by atoms with van der Waals surface area (Å²) in [6.45, 7) is 5.03. The van der Waals surface area contributed by atoms with Gasteiger partial charge < -0.3 is 0 Å². The van der Waals surface area contributed by atoms with Gasteiger partial charge in [-0.1, -0.05) is 37.4 Å². The van der Waals surface area contributed by atoms with Gasteiger partial charge in [0.1, 0.15) is 5.15 Å². The first-order valence-electron chi connectivity index (χ1n) is 7.82. The Balaban J connectivity index is 2.20. The fraction of sp³-hybridized carbons (Fsp3) is 0.529. The second-order valence-corrected chi connectivity index (χ2v) is 6.20. The van der Waals surface area contributed by atoms with Crippen LogP contribution in [-0.4, -0.2) is 26.7 Å². The molecule has 1 unspecified atom stereocenters. The molecule has 1 atom stereocenters. The number of pyridine rings is 1. The smallest absolute Gasteiger partial charge is 0.131 e. The highest BCUT2D eigenvalue weighted by Gasteiger charge is 2.20. The summed E-state index contributed by atoms with van der Waals surface area (Å²) in [6, 6.07) is 4.51. The van der Waals surface area contributed by atoms with Crippen LogP contribution in [0.5, 0.6) is 0 Å². The topological polar surface area (TPSA) is 34.0 Å². The monoisotopic (exact) mass is 320 g/mol. The van der Waals surface area contributed by atoms with Gasteiger partial charge in [-0.2, -0.15) is 5.10 Å². The lowest BCUT2D eigenvalue weighted by Crippen LogP contribution is -2.24. The maximum Gasteiger partial charge on any atom is 0.131 e. The molecule has 0 saturated heterocycles. The zero-order valence-corrected chi connectivity index (χ0v) is 14.6. The van der Waals surface area contributed by atoms with E-state index in [-0.39, 0.29) is 0 Å². The lowest BCUT2D eigenvalue weighted by Gasteiger charge is -2.28. The molecular weight excluding hydrogens is 296 g/mol. The van der Waals surface area contributed by atoms with Crippen LogP contribution in [0, 0.1) is 6.92 Å². The van der Waals surface area contributed by atoms with Crippen molar-refractivity contribution in [2.75, 3.05) is 7.05 Å². The predicted octanol–water partition coefficient (Wildman–Crippen LogP) is 4.14. The molecule has 0 aromatic carbocycles. The number of aryl methyl sites for hydroxylation is 2. The first-order chi connectivity index (χ1) is 10.5. The summed E-state index contributed by atoms with van der Waals surface area (Å²) < 4.78 is 1.74. The fourth-order valence-electron chi connectivity index (χ4n) is 2.83. The van der Waals surface area contributed by atoms with Crippen molar-refractivity contribution in [1.29, 1.82) is 0 Å². The second kappa shape index (κ2) is 7.75. The van der Waals surface area contributed by atoms with Crippen molar-refractivity contribution in [1.82, 2.24) is 19.7 Å². The van der Waals surface area contributed by atoms with Crippen LogP contribution in [-0.2, 0) is 13.6 Å². The van der Waals surface area contributed by atoms with Crippen LogP contribution >= 0.6 is 11.6 Å². The zero-order chi connectivity index (χ0) is 16.1. The summed E-state index contributed by atoms with van der Waals surface area (Å²) in [7, 11) is 4.03. The Hall–Kier alpha value is -1.39. The zero-order valence-electron chi connectivity index (χ0n) is 13.9. The number of hydrogen-bond donors (Lipinski definition) is 0. The Morgan fingerprint density at radius 1 is 1.41 bits per heavy atom. The van der Waals surface area contributed by atoms with Crippen LogP contribution in [0.4, 0.5) is 0 Å². The Kier molecular flexibility index (Phi) is 5.98. The van der Waals surface area contributed by atoms with E-state index in [9.17, 15) is 0 Å². The van der Waals surface area contributed by atoms with Crippen LogP contribution in [0.15, 0.2) is 24.5 Å². The Morgan fingerprint density at radius 2 is 2.18 bits per heavy atom. The fourth-order valence-corrected chi connectivity index (χ4v) is 3.06. The largest absolute Gasteiger partial charge is 0.295 e. The minimum absolute atomic E-state index is 0.351. The molecule has 2 aromatic rings. The van der Waals surface area contributed by atoms with Crippen LogP contribution < -0.4 is 0 Å². The standard InChI is InChI=1S/C17H25ClN4/c1-5-6-9-16(14-8-7-10-19-11-14)21(3)12-15-13(2)20-22(4)17(15)18/h7-8,10-11,16H,5-6,9,12H2,1-4H3. The normalized spacial score (nSPS) is 12.8. The lowest BCUT2D eigenvalue weighted by atomic mass is 10.0. The summed E-state index contributed by atoms with van der Waals surface area (Å²) in [5.74, 6) is 0. The van der Waals surface area contributed by atoms with Crippen LogP contribution in [0.25, 0.3) is 0 Å². The average molecular weight is 321 g/mol. The van der Waals surface area contributed by atoms with Gasteiger partial charge in [0.25, 0.3) is 0 Å². The van der Waals surface area contributed by atoms with Crippen molar-refractivity contribution in [2.24, 2.45) is 7.05 Å². The van der Waals surface area contributed by atoms with E-state index in [1.807, 2.05) is 32.4 Å². The molecule has 120 valence electrons. The molecule has 2 heterocycles. The number of unbranched alkanes of at least 4 members (excludes halogenated alkanes) is 1. The quantitative estimate of drug-likeness (QED) is 0.769. The van der Waals surface area contributed by atoms with E-state index in [2.05, 4.69) is 35.0 Å². The van der Waals surface area contributed by atoms with Gasteiger partial charge in [0.2, 0.25) is 0 Å². The van der Waals surface area contributed by atoms with Crippen LogP contribution in [0.3, 0.4) is 0 Å². The van der Waals surface area contributed by atoms with Gasteiger partial charge in [-0.05, 0) is 32.0 Å². The summed E-state index contributed by atoms with van der Waals surface area (Å²) in [5, 5.41) is 5.13. The van der Waals surface area contributed by atoms with Crippen molar-refractivity contribution in [2.45, 2.75) is 45.7 Å². The van der Waals surface area contributed by atoms with E-state index in [0.29, 0.717) is 6.04 Å². The molecule has 5 heteroatoms. The Morgan fingerprint density at radius 3 is 2.73 bits per heavy atom. The van der Waals surface area contributed by atoms with E-state index in [4.69, 9.17) is 11.6 Å². The minimum atomic E-state index is 0.351. The second-order valence-electron chi connectivity index (χ2n) is 5.84. The van der Waals surface area contributed by atoms with Gasteiger partial charge in [0, 0.05) is 37.6 Å². The first-order valence-corrected chi connectivity index (χ1v) is 8.20. The highest BCUT2D eigenvalue weighted by atomic mass is 35.5. The molecule has 2 rings (SSSR count). The van der Waals surface area contributed by atoms with Gasteiger partial charge in [0.15, 0.2) is 0 Å². The number of rotatable bonds is 7. The molecule has 0 radical (unpaired) electrons. The predicted molar refractivity (Wildman–Crippen MR) is 90.9 cm³/mol. The van der Waals surface area contributed by atoms with E-state index >= 15 is 0 Å². The number of hydrogen-bond acceptors (Lipinski definition) is 3. The van der Waals surface area contributed by atoms with Gasteiger partial charge in [-0.25, -0.2) is 0 Å². The Bertz CT molecular complexity index is 594. The average Bonchev–Trinajstić information content (AvgIpc) is 2.75. The molecule has 0 fully saturated rings. The highest BCUT2D eigenvalue weighted by Crippen LogP contribution is 2.28. The molecule has 0 aliphatic carbocycles. The van der Waals surface area contributed by atoms with E-state index in [1.165, 1.54) is 18.4 Å². The molecule has 0 bridgehead atoms. The third kappa shape index (κ3) is 3.87. The summed E-state index contributed by atoms with van der Waals surface area (Å²) in [5.41, 5.74) is 3.37. The SMILES string of the molecule is CCCCC(c1cccnc1)N(C)Cc1c(C)nn(C)c1Cl. The van der Waals surface area contributed by atoms with Gasteiger partial charge >= 0.3 is 0 Å². The number of aromatic nitrogens is 3. The maximum absolute atomic E-state index is 6.37. The summed E-state index contributed by atoms with van der Waals surface area (Å²) >= 11 is 6.37. The molecule has 0 N–H and O–H groups in total. The number of halogens is 1. The minimum Gasteiger partial charge on any atom is -0.295 e. The van der Waals surface area contributed by atoms with Gasteiger partial charge in [0.05, 0.1) is 5.69 Å². The van der Waals surface area contributed by atoms with Crippen LogP contribution in [0.2, 0.25) is 5.15 Å². The molecule has 4 nitrogen and oxygen atoms in total. The molecular formula is C17H25ClN4. The van der Waals surface area contributed by atoms with Crippen molar-refractivity contribution in [3.05, 3.63) is 46.5 Å². The molecule has 0 saturated carbocycles. The van der Waals surface area contributed by atoms with E-state index < -0.39 is 0 Å². The summed E-state index contributed by atoms with van der Waals surface area (Å²) in [6.07, 6.45) is 7.30. The molecule has 2 aromatic heterocycles. The van der Waals surface area contributed by atoms with Gasteiger partial charge in [-0.3, -0.25) is 14.6 Å².